The van der Waals surface area contributed by atoms with Crippen LogP contribution in [0.2, 0.25) is 5.02 Å². The lowest BCUT2D eigenvalue weighted by Crippen LogP contribution is -2.27. The van der Waals surface area contributed by atoms with Gasteiger partial charge in [0.25, 0.3) is 0 Å². The molecule has 1 saturated heterocycles. The largest absolute Gasteiger partial charge is 0.416 e. The first kappa shape index (κ1) is 22.6. The maximum absolute atomic E-state index is 13.2. The molecule has 172 valence electrons. The van der Waals surface area contributed by atoms with Crippen LogP contribution in [0.3, 0.4) is 0 Å². The predicted molar refractivity (Wildman–Crippen MR) is 119 cm³/mol. The van der Waals surface area contributed by atoms with E-state index >= 15 is 0 Å². The van der Waals surface area contributed by atoms with Crippen LogP contribution in [0.1, 0.15) is 32.8 Å². The van der Waals surface area contributed by atoms with E-state index in [0.717, 1.165) is 31.6 Å². The number of anilines is 3. The highest BCUT2D eigenvalue weighted by atomic mass is 35.5. The third-order valence-corrected chi connectivity index (χ3v) is 5.28. The number of hydrogen-bond acceptors (Lipinski definition) is 6. The summed E-state index contributed by atoms with van der Waals surface area (Å²) in [5.41, 5.74) is 0.304. The molecule has 0 bridgehead atoms. The second-order valence-corrected chi connectivity index (χ2v) is 9.47. The summed E-state index contributed by atoms with van der Waals surface area (Å²) < 4.78 is 41.6. The molecule has 11 heteroatoms. The van der Waals surface area contributed by atoms with Crippen molar-refractivity contribution in [3.8, 4) is 0 Å². The fourth-order valence-electron chi connectivity index (χ4n) is 3.67. The molecule has 3 aromatic rings. The Balaban J connectivity index is 1.75. The minimum absolute atomic E-state index is 0.0126. The van der Waals surface area contributed by atoms with Gasteiger partial charge in [0.2, 0.25) is 11.9 Å². The van der Waals surface area contributed by atoms with E-state index in [-0.39, 0.29) is 16.2 Å². The predicted octanol–water partition coefficient (Wildman–Crippen LogP) is 5.06. The lowest BCUT2D eigenvalue weighted by Gasteiger charge is -2.20. The molecule has 1 aliphatic heterocycles. The summed E-state index contributed by atoms with van der Waals surface area (Å²) >= 11 is 5.95. The van der Waals surface area contributed by atoms with Gasteiger partial charge < -0.3 is 16.0 Å². The van der Waals surface area contributed by atoms with Gasteiger partial charge in [-0.3, -0.25) is 4.57 Å². The Morgan fingerprint density at radius 1 is 1.19 bits per heavy atom. The molecule has 3 heterocycles. The second-order valence-electron chi connectivity index (χ2n) is 9.03. The van der Waals surface area contributed by atoms with E-state index in [9.17, 15) is 13.2 Å². The van der Waals surface area contributed by atoms with Gasteiger partial charge in [-0.1, -0.05) is 11.6 Å². The molecule has 3 N–H and O–H groups in total. The van der Waals surface area contributed by atoms with Crippen molar-refractivity contribution in [1.82, 2.24) is 24.8 Å². The zero-order valence-electron chi connectivity index (χ0n) is 18.0. The van der Waals surface area contributed by atoms with Gasteiger partial charge >= 0.3 is 6.18 Å². The minimum atomic E-state index is -4.50. The number of nitrogens with one attached hydrogen (secondary N) is 3. The van der Waals surface area contributed by atoms with Crippen LogP contribution in [0.4, 0.5) is 30.8 Å². The summed E-state index contributed by atoms with van der Waals surface area (Å²) in [5, 5.41) is 9.58. The Kier molecular flexibility index (Phi) is 5.93. The Morgan fingerprint density at radius 2 is 1.97 bits per heavy atom. The smallest absolute Gasteiger partial charge is 0.350 e. The van der Waals surface area contributed by atoms with E-state index in [1.165, 1.54) is 6.07 Å². The fraction of sp³-hybridized carbons (Fsp3) is 0.476. The lowest BCUT2D eigenvalue weighted by molar-refractivity contribution is -0.137. The van der Waals surface area contributed by atoms with E-state index in [2.05, 4.69) is 30.9 Å². The SMILES string of the molecule is CC(C)(C)Nc1ncc2nc(Nc3cc(Cl)cc(C(F)(F)F)c3)n(CC3CCNC3)c2n1. The molecular weight excluding hydrogens is 443 g/mol. The Bertz CT molecular complexity index is 1120. The van der Waals surface area contributed by atoms with Crippen molar-refractivity contribution in [2.24, 2.45) is 5.92 Å². The first-order valence-corrected chi connectivity index (χ1v) is 10.7. The molecule has 1 atom stereocenters. The van der Waals surface area contributed by atoms with Gasteiger partial charge in [-0.15, -0.1) is 0 Å². The standard InChI is InChI=1S/C21H25ClF3N7/c1-20(2,3)31-18-27-10-16-17(30-18)32(11-12-4-5-26-9-12)19(29-16)28-15-7-13(21(23,24)25)6-14(22)8-15/h6-8,10,12,26H,4-5,9,11H2,1-3H3,(H,28,29)(H,27,30,31). The molecular formula is C21H25ClF3N7. The average molecular weight is 468 g/mol. The van der Waals surface area contributed by atoms with Crippen molar-refractivity contribution in [3.05, 3.63) is 35.0 Å². The van der Waals surface area contributed by atoms with Crippen LogP contribution in [0.25, 0.3) is 11.2 Å². The number of nitrogens with zero attached hydrogens (tertiary/aromatic N) is 4. The molecule has 32 heavy (non-hydrogen) atoms. The van der Waals surface area contributed by atoms with Gasteiger partial charge in [0.05, 0.1) is 11.8 Å². The summed E-state index contributed by atoms with van der Waals surface area (Å²) in [5.74, 6) is 1.21. The molecule has 0 radical (unpaired) electrons. The molecule has 1 unspecified atom stereocenters. The fourth-order valence-corrected chi connectivity index (χ4v) is 3.90. The quantitative estimate of drug-likeness (QED) is 0.486. The van der Waals surface area contributed by atoms with Crippen molar-refractivity contribution in [2.75, 3.05) is 23.7 Å². The van der Waals surface area contributed by atoms with Crippen LogP contribution in [0.15, 0.2) is 24.4 Å². The summed E-state index contributed by atoms with van der Waals surface area (Å²) in [6.45, 7) is 8.41. The van der Waals surface area contributed by atoms with E-state index in [4.69, 9.17) is 11.6 Å². The van der Waals surface area contributed by atoms with Crippen LogP contribution in [0, 0.1) is 5.92 Å². The molecule has 0 aliphatic carbocycles. The highest BCUT2D eigenvalue weighted by Gasteiger charge is 2.31. The average Bonchev–Trinajstić information content (AvgIpc) is 3.28. The second kappa shape index (κ2) is 8.40. The molecule has 0 saturated carbocycles. The van der Waals surface area contributed by atoms with Gasteiger partial charge in [-0.25, -0.2) is 9.97 Å². The van der Waals surface area contributed by atoms with E-state index in [1.807, 2.05) is 25.3 Å². The summed E-state index contributed by atoms with van der Waals surface area (Å²) in [7, 11) is 0. The minimum Gasteiger partial charge on any atom is -0.350 e. The summed E-state index contributed by atoms with van der Waals surface area (Å²) in [4.78, 5) is 13.6. The van der Waals surface area contributed by atoms with Gasteiger partial charge in [0.1, 0.15) is 5.52 Å². The number of imidazole rings is 1. The highest BCUT2D eigenvalue weighted by Crippen LogP contribution is 2.34. The van der Waals surface area contributed by atoms with Crippen LogP contribution in [-0.4, -0.2) is 38.1 Å². The molecule has 0 spiro atoms. The van der Waals surface area contributed by atoms with Gasteiger partial charge in [-0.05, 0) is 64.4 Å². The molecule has 1 fully saturated rings. The number of aromatic nitrogens is 4. The van der Waals surface area contributed by atoms with Gasteiger partial charge in [0.15, 0.2) is 5.65 Å². The molecule has 0 amide bonds. The van der Waals surface area contributed by atoms with E-state index in [1.54, 1.807) is 6.20 Å². The van der Waals surface area contributed by atoms with E-state index < -0.39 is 11.7 Å². The number of benzene rings is 1. The maximum Gasteiger partial charge on any atom is 0.416 e. The van der Waals surface area contributed by atoms with Crippen molar-refractivity contribution in [1.29, 1.82) is 0 Å². The zero-order valence-corrected chi connectivity index (χ0v) is 18.8. The highest BCUT2D eigenvalue weighted by molar-refractivity contribution is 6.31. The van der Waals surface area contributed by atoms with Crippen LogP contribution >= 0.6 is 11.6 Å². The maximum atomic E-state index is 13.2. The molecule has 2 aromatic heterocycles. The molecule has 4 rings (SSSR count). The first-order chi connectivity index (χ1) is 15.0. The number of rotatable bonds is 5. The topological polar surface area (TPSA) is 79.7 Å². The van der Waals surface area contributed by atoms with Gasteiger partial charge in [-0.2, -0.15) is 18.2 Å². The molecule has 7 nitrogen and oxygen atoms in total. The van der Waals surface area contributed by atoms with Gasteiger partial charge in [0, 0.05) is 22.8 Å². The first-order valence-electron chi connectivity index (χ1n) is 10.3. The molecule has 1 aromatic carbocycles. The zero-order chi connectivity index (χ0) is 23.1. The van der Waals surface area contributed by atoms with Crippen LogP contribution < -0.4 is 16.0 Å². The number of halogens is 4. The molecule has 1 aliphatic rings. The van der Waals surface area contributed by atoms with Crippen molar-refractivity contribution < 1.29 is 13.2 Å². The summed E-state index contributed by atoms with van der Waals surface area (Å²) in [6, 6.07) is 3.36. The Labute approximate surface area is 188 Å². The van der Waals surface area contributed by atoms with Crippen LogP contribution in [0.5, 0.6) is 0 Å². The van der Waals surface area contributed by atoms with Crippen LogP contribution in [-0.2, 0) is 12.7 Å². The number of fused-ring (bicyclic) bond motifs is 1. The number of hydrogen-bond donors (Lipinski definition) is 3. The third-order valence-electron chi connectivity index (χ3n) is 5.06. The Hall–Kier alpha value is -2.59. The Morgan fingerprint density at radius 3 is 2.62 bits per heavy atom. The monoisotopic (exact) mass is 467 g/mol. The van der Waals surface area contributed by atoms with Crippen molar-refractivity contribution >= 4 is 40.3 Å². The third kappa shape index (κ3) is 5.24. The normalized spacial score (nSPS) is 17.2. The number of alkyl halides is 3. The lowest BCUT2D eigenvalue weighted by atomic mass is 10.1. The van der Waals surface area contributed by atoms with E-state index in [0.29, 0.717) is 35.5 Å². The van der Waals surface area contributed by atoms with Crippen molar-refractivity contribution in [3.63, 3.8) is 0 Å². The van der Waals surface area contributed by atoms with Crippen molar-refractivity contribution in [2.45, 2.75) is 45.5 Å². The summed E-state index contributed by atoms with van der Waals surface area (Å²) in [6.07, 6.45) is -1.90.